The molecule has 1 aliphatic rings. The predicted molar refractivity (Wildman–Crippen MR) is 134 cm³/mol. The highest BCUT2D eigenvalue weighted by molar-refractivity contribution is 5.73. The summed E-state index contributed by atoms with van der Waals surface area (Å²) < 4.78 is 20.1. The lowest BCUT2D eigenvalue weighted by Crippen LogP contribution is -2.37. The molecule has 0 radical (unpaired) electrons. The number of hydrogen-bond acceptors (Lipinski definition) is 8. The lowest BCUT2D eigenvalue weighted by atomic mass is 10.2. The first kappa shape index (κ1) is 23.8. The van der Waals surface area contributed by atoms with Gasteiger partial charge in [0.1, 0.15) is 29.4 Å². The molecule has 0 amide bonds. The van der Waals surface area contributed by atoms with Gasteiger partial charge in [0.05, 0.1) is 13.2 Å². The second-order valence-corrected chi connectivity index (χ2v) is 9.69. The van der Waals surface area contributed by atoms with Gasteiger partial charge in [-0.15, -0.1) is 0 Å². The molecule has 188 valence electrons. The van der Waals surface area contributed by atoms with Crippen molar-refractivity contribution in [3.8, 4) is 17.3 Å². The van der Waals surface area contributed by atoms with Crippen molar-refractivity contribution >= 4 is 17.6 Å². The van der Waals surface area contributed by atoms with Gasteiger partial charge in [-0.05, 0) is 39.3 Å². The summed E-state index contributed by atoms with van der Waals surface area (Å²) in [4.78, 5) is 19.5. The van der Waals surface area contributed by atoms with E-state index < -0.39 is 11.7 Å². The van der Waals surface area contributed by atoms with E-state index in [4.69, 9.17) is 24.3 Å². The van der Waals surface area contributed by atoms with Gasteiger partial charge in [-0.2, -0.15) is 24.4 Å². The monoisotopic (exact) mass is 490 g/mol. The summed E-state index contributed by atoms with van der Waals surface area (Å²) in [6, 6.07) is 15.5. The maximum Gasteiger partial charge on any atom is 0.435 e. The molecule has 10 heteroatoms. The van der Waals surface area contributed by atoms with Crippen LogP contribution in [0.15, 0.2) is 48.5 Å². The van der Waals surface area contributed by atoms with E-state index in [0.29, 0.717) is 48.4 Å². The summed E-state index contributed by atoms with van der Waals surface area (Å²) in [5.74, 6) is 1.37. The molecule has 0 unspecified atom stereocenters. The third kappa shape index (κ3) is 5.18. The van der Waals surface area contributed by atoms with Crippen molar-refractivity contribution in [3.63, 3.8) is 0 Å². The van der Waals surface area contributed by atoms with Crippen LogP contribution in [-0.2, 0) is 16.1 Å². The fourth-order valence-electron chi connectivity index (χ4n) is 3.97. The molecular formula is C26H30N6O4. The van der Waals surface area contributed by atoms with Crippen LogP contribution in [0, 0.1) is 6.92 Å². The molecule has 0 atom stereocenters. The highest BCUT2D eigenvalue weighted by atomic mass is 16.6. The standard InChI is InChI=1S/C26H30N6O4/c1-18-14-20(28-31(18)25(33)36-26(2,3)4)21-15-22-27-23(35-17-19-8-6-5-7-9-19)16-24(32(22)29-21)30-10-12-34-13-11-30/h5-9,14-16H,10-13,17H2,1-4H3. The smallest absolute Gasteiger partial charge is 0.435 e. The van der Waals surface area contributed by atoms with E-state index in [1.54, 1.807) is 4.52 Å². The Labute approximate surface area is 209 Å². The van der Waals surface area contributed by atoms with E-state index in [-0.39, 0.29) is 0 Å². The maximum atomic E-state index is 12.6. The van der Waals surface area contributed by atoms with Crippen molar-refractivity contribution in [1.29, 1.82) is 0 Å². The molecule has 10 nitrogen and oxygen atoms in total. The van der Waals surface area contributed by atoms with E-state index in [1.807, 2.05) is 76.2 Å². The molecule has 3 aromatic heterocycles. The molecule has 0 saturated carbocycles. The molecule has 1 aromatic carbocycles. The third-order valence-electron chi connectivity index (χ3n) is 5.67. The fourth-order valence-corrected chi connectivity index (χ4v) is 3.97. The van der Waals surface area contributed by atoms with E-state index >= 15 is 0 Å². The Hall–Kier alpha value is -3.92. The van der Waals surface area contributed by atoms with Crippen LogP contribution >= 0.6 is 0 Å². The molecule has 1 aliphatic heterocycles. The maximum absolute atomic E-state index is 12.6. The zero-order valence-electron chi connectivity index (χ0n) is 21.0. The van der Waals surface area contributed by atoms with Gasteiger partial charge in [-0.1, -0.05) is 30.3 Å². The van der Waals surface area contributed by atoms with Gasteiger partial charge < -0.3 is 19.1 Å². The molecule has 0 N–H and O–H groups in total. The van der Waals surface area contributed by atoms with Crippen molar-refractivity contribution < 1.29 is 19.0 Å². The Bertz CT molecular complexity index is 1370. The Kier molecular flexibility index (Phi) is 6.36. The second kappa shape index (κ2) is 9.62. The SMILES string of the molecule is Cc1cc(-c2cc3nc(OCc4ccccc4)cc(N4CCOCC4)n3n2)nn1C(=O)OC(C)(C)C. The van der Waals surface area contributed by atoms with Crippen LogP contribution in [0.1, 0.15) is 32.0 Å². The lowest BCUT2D eigenvalue weighted by molar-refractivity contribution is 0.0511. The van der Waals surface area contributed by atoms with E-state index in [0.717, 1.165) is 24.5 Å². The van der Waals surface area contributed by atoms with Crippen LogP contribution in [0.2, 0.25) is 0 Å². The van der Waals surface area contributed by atoms with Crippen LogP contribution in [0.4, 0.5) is 10.6 Å². The fraction of sp³-hybridized carbons (Fsp3) is 0.385. The van der Waals surface area contributed by atoms with Gasteiger partial charge in [0, 0.05) is 30.9 Å². The minimum absolute atomic E-state index is 0.410. The van der Waals surface area contributed by atoms with Crippen molar-refractivity contribution in [2.24, 2.45) is 0 Å². The Morgan fingerprint density at radius 3 is 2.47 bits per heavy atom. The van der Waals surface area contributed by atoms with Crippen LogP contribution < -0.4 is 9.64 Å². The Balaban J connectivity index is 1.50. The highest BCUT2D eigenvalue weighted by Gasteiger charge is 2.23. The van der Waals surface area contributed by atoms with E-state index in [2.05, 4.69) is 10.00 Å². The lowest BCUT2D eigenvalue weighted by Gasteiger charge is -2.29. The molecule has 0 bridgehead atoms. The first-order chi connectivity index (χ1) is 17.3. The van der Waals surface area contributed by atoms with Crippen LogP contribution in [-0.4, -0.2) is 62.4 Å². The van der Waals surface area contributed by atoms with E-state index in [9.17, 15) is 4.79 Å². The van der Waals surface area contributed by atoms with Crippen LogP contribution in [0.3, 0.4) is 0 Å². The molecule has 4 heterocycles. The molecule has 36 heavy (non-hydrogen) atoms. The summed E-state index contributed by atoms with van der Waals surface area (Å²) in [6.45, 7) is 10.4. The number of fused-ring (bicyclic) bond motifs is 1. The molecule has 0 aliphatic carbocycles. The summed E-state index contributed by atoms with van der Waals surface area (Å²) in [6.07, 6.45) is -0.529. The topological polar surface area (TPSA) is 96.0 Å². The predicted octanol–water partition coefficient (Wildman–Crippen LogP) is 4.10. The average molecular weight is 491 g/mol. The van der Waals surface area contributed by atoms with Gasteiger partial charge in [0.15, 0.2) is 5.65 Å². The molecular weight excluding hydrogens is 460 g/mol. The third-order valence-corrected chi connectivity index (χ3v) is 5.67. The molecule has 0 spiro atoms. The zero-order chi connectivity index (χ0) is 25.3. The number of rotatable bonds is 5. The largest absolute Gasteiger partial charge is 0.473 e. The summed E-state index contributed by atoms with van der Waals surface area (Å²) in [7, 11) is 0. The van der Waals surface area contributed by atoms with Crippen molar-refractivity contribution in [2.75, 3.05) is 31.2 Å². The number of carbonyl (C=O) groups excluding carboxylic acids is 1. The van der Waals surface area contributed by atoms with E-state index in [1.165, 1.54) is 4.68 Å². The normalized spacial score (nSPS) is 14.3. The number of anilines is 1. The summed E-state index contributed by atoms with van der Waals surface area (Å²) in [5.41, 5.74) is 2.88. The van der Waals surface area contributed by atoms with Gasteiger partial charge in [0.25, 0.3) is 0 Å². The second-order valence-electron chi connectivity index (χ2n) is 9.69. The molecule has 1 fully saturated rings. The van der Waals surface area contributed by atoms with Gasteiger partial charge in [-0.25, -0.2) is 4.79 Å². The Morgan fingerprint density at radius 2 is 1.75 bits per heavy atom. The Morgan fingerprint density at radius 1 is 1.03 bits per heavy atom. The first-order valence-corrected chi connectivity index (χ1v) is 12.0. The van der Waals surface area contributed by atoms with Gasteiger partial charge in [0.2, 0.25) is 5.88 Å². The zero-order valence-corrected chi connectivity index (χ0v) is 21.0. The van der Waals surface area contributed by atoms with Crippen LogP contribution in [0.25, 0.3) is 17.0 Å². The number of carbonyl (C=O) groups is 1. The quantitative estimate of drug-likeness (QED) is 0.413. The minimum atomic E-state index is -0.619. The molecule has 4 aromatic rings. The number of hydrogen-bond donors (Lipinski definition) is 0. The van der Waals surface area contributed by atoms with Crippen molar-refractivity contribution in [2.45, 2.75) is 39.9 Å². The number of morpholine rings is 1. The molecule has 1 saturated heterocycles. The number of aromatic nitrogens is 5. The average Bonchev–Trinajstić information content (AvgIpc) is 3.46. The summed E-state index contributed by atoms with van der Waals surface area (Å²) >= 11 is 0. The number of nitrogens with zero attached hydrogens (tertiary/aromatic N) is 6. The van der Waals surface area contributed by atoms with Crippen molar-refractivity contribution in [3.05, 3.63) is 59.8 Å². The number of ether oxygens (including phenoxy) is 3. The highest BCUT2D eigenvalue weighted by Crippen LogP contribution is 2.27. The van der Waals surface area contributed by atoms with Crippen LogP contribution in [0.5, 0.6) is 5.88 Å². The minimum Gasteiger partial charge on any atom is -0.473 e. The first-order valence-electron chi connectivity index (χ1n) is 12.0. The summed E-state index contributed by atoms with van der Waals surface area (Å²) in [5, 5.41) is 9.27. The van der Waals surface area contributed by atoms with Crippen molar-refractivity contribution in [1.82, 2.24) is 24.4 Å². The molecule has 5 rings (SSSR count). The number of benzene rings is 1. The van der Waals surface area contributed by atoms with Gasteiger partial charge in [-0.3, -0.25) is 0 Å². The number of aryl methyl sites for hydroxylation is 1. The van der Waals surface area contributed by atoms with Gasteiger partial charge >= 0.3 is 6.09 Å².